The Hall–Kier alpha value is -3.53. The van der Waals surface area contributed by atoms with Crippen molar-refractivity contribution in [1.82, 2.24) is 0 Å². The van der Waals surface area contributed by atoms with Crippen molar-refractivity contribution in [2.24, 2.45) is 0 Å². The quantitative estimate of drug-likeness (QED) is 0.234. The number of aryl methyl sites for hydroxylation is 1. The Labute approximate surface area is 235 Å². The third-order valence-corrected chi connectivity index (χ3v) is 7.05. The molecule has 10 heteroatoms. The van der Waals surface area contributed by atoms with Crippen LogP contribution in [-0.4, -0.2) is 36.5 Å². The fraction of sp³-hybridized carbons (Fsp3) is 0.179. The Kier molecular flexibility index (Phi) is 8.93. The predicted octanol–water partition coefficient (Wildman–Crippen LogP) is 6.48. The molecule has 0 aliphatic carbocycles. The average Bonchev–Trinajstić information content (AvgIpc) is 3.18. The summed E-state index contributed by atoms with van der Waals surface area (Å²) in [6, 6.07) is 17.7. The smallest absolute Gasteiger partial charge is 0.270 e. The molecule has 1 fully saturated rings. The van der Waals surface area contributed by atoms with Crippen LogP contribution < -0.4 is 24.4 Å². The van der Waals surface area contributed by atoms with Crippen LogP contribution in [0.15, 0.2) is 65.6 Å². The molecule has 0 aromatic heterocycles. The van der Waals surface area contributed by atoms with Gasteiger partial charge in [0.1, 0.15) is 5.75 Å². The SMILES string of the molecule is CCOc1ccc(N2C(=O)/C(=C/c3ccc(OCC(=O)Nc4cc(Cl)ccc4C)c(OC)c3)SC2=S)cc1. The fourth-order valence-electron chi connectivity index (χ4n) is 3.65. The van der Waals surface area contributed by atoms with E-state index in [9.17, 15) is 9.59 Å². The third kappa shape index (κ3) is 6.48. The van der Waals surface area contributed by atoms with Crippen molar-refractivity contribution in [3.05, 3.63) is 81.7 Å². The molecule has 38 heavy (non-hydrogen) atoms. The molecule has 0 spiro atoms. The second-order valence-electron chi connectivity index (χ2n) is 8.15. The Balaban J connectivity index is 1.44. The van der Waals surface area contributed by atoms with E-state index in [1.165, 1.54) is 23.8 Å². The number of methoxy groups -OCH3 is 1. The number of hydrogen-bond acceptors (Lipinski definition) is 7. The van der Waals surface area contributed by atoms with E-state index in [0.717, 1.165) is 16.9 Å². The van der Waals surface area contributed by atoms with Gasteiger partial charge in [-0.1, -0.05) is 47.7 Å². The van der Waals surface area contributed by atoms with Crippen molar-refractivity contribution in [3.8, 4) is 17.2 Å². The Morgan fingerprint density at radius 2 is 1.84 bits per heavy atom. The number of thioether (sulfide) groups is 1. The number of carbonyl (C=O) groups excluding carboxylic acids is 2. The number of rotatable bonds is 9. The molecule has 1 saturated heterocycles. The van der Waals surface area contributed by atoms with E-state index >= 15 is 0 Å². The molecule has 1 heterocycles. The van der Waals surface area contributed by atoms with Crippen LogP contribution in [0, 0.1) is 6.92 Å². The van der Waals surface area contributed by atoms with Gasteiger partial charge in [-0.3, -0.25) is 14.5 Å². The van der Waals surface area contributed by atoms with Crippen LogP contribution in [-0.2, 0) is 9.59 Å². The van der Waals surface area contributed by atoms with Gasteiger partial charge in [0.15, 0.2) is 22.4 Å². The summed E-state index contributed by atoms with van der Waals surface area (Å²) in [5.74, 6) is 0.997. The molecule has 1 aliphatic rings. The highest BCUT2D eigenvalue weighted by Crippen LogP contribution is 2.37. The van der Waals surface area contributed by atoms with Crippen molar-refractivity contribution >= 4 is 69.2 Å². The van der Waals surface area contributed by atoms with Gasteiger partial charge in [0.25, 0.3) is 11.8 Å². The zero-order valence-electron chi connectivity index (χ0n) is 20.9. The van der Waals surface area contributed by atoms with Crippen LogP contribution in [0.25, 0.3) is 6.08 Å². The van der Waals surface area contributed by atoms with Gasteiger partial charge in [-0.05, 0) is 79.6 Å². The molecule has 3 aromatic rings. The molecule has 4 rings (SSSR count). The van der Waals surface area contributed by atoms with E-state index in [4.69, 9.17) is 38.0 Å². The summed E-state index contributed by atoms with van der Waals surface area (Å²) in [6.45, 7) is 4.13. The lowest BCUT2D eigenvalue weighted by molar-refractivity contribution is -0.118. The summed E-state index contributed by atoms with van der Waals surface area (Å²) in [5.41, 5.74) is 2.90. The second kappa shape index (κ2) is 12.3. The highest BCUT2D eigenvalue weighted by molar-refractivity contribution is 8.27. The third-order valence-electron chi connectivity index (χ3n) is 5.52. The lowest BCUT2D eigenvalue weighted by Crippen LogP contribution is -2.27. The molecule has 7 nitrogen and oxygen atoms in total. The highest BCUT2D eigenvalue weighted by Gasteiger charge is 2.33. The van der Waals surface area contributed by atoms with Crippen LogP contribution in [0.4, 0.5) is 11.4 Å². The summed E-state index contributed by atoms with van der Waals surface area (Å²) < 4.78 is 17.1. The van der Waals surface area contributed by atoms with E-state index in [1.807, 2.05) is 19.9 Å². The van der Waals surface area contributed by atoms with Gasteiger partial charge in [-0.2, -0.15) is 0 Å². The Morgan fingerprint density at radius 1 is 1.08 bits per heavy atom. The lowest BCUT2D eigenvalue weighted by Gasteiger charge is -2.15. The molecule has 1 N–H and O–H groups in total. The number of nitrogens with one attached hydrogen (secondary N) is 1. The Morgan fingerprint density at radius 3 is 2.55 bits per heavy atom. The van der Waals surface area contributed by atoms with Crippen LogP contribution in [0.5, 0.6) is 17.2 Å². The number of halogens is 1. The zero-order valence-corrected chi connectivity index (χ0v) is 23.3. The minimum atomic E-state index is -0.334. The van der Waals surface area contributed by atoms with Crippen LogP contribution in [0.1, 0.15) is 18.1 Å². The number of nitrogens with zero attached hydrogens (tertiary/aromatic N) is 1. The minimum absolute atomic E-state index is 0.212. The Bertz CT molecular complexity index is 1410. The molecule has 0 bridgehead atoms. The van der Waals surface area contributed by atoms with Crippen molar-refractivity contribution in [2.45, 2.75) is 13.8 Å². The van der Waals surface area contributed by atoms with Gasteiger partial charge >= 0.3 is 0 Å². The second-order valence-corrected chi connectivity index (χ2v) is 10.3. The number of amides is 2. The molecule has 0 atom stereocenters. The number of carbonyl (C=O) groups is 2. The highest BCUT2D eigenvalue weighted by atomic mass is 35.5. The maximum absolute atomic E-state index is 13.1. The van der Waals surface area contributed by atoms with Crippen LogP contribution >= 0.6 is 35.6 Å². The van der Waals surface area contributed by atoms with Gasteiger partial charge in [-0.15, -0.1) is 0 Å². The number of ether oxygens (including phenoxy) is 3. The maximum atomic E-state index is 13.1. The first kappa shape index (κ1) is 27.5. The van der Waals surface area contributed by atoms with E-state index in [0.29, 0.717) is 43.7 Å². The van der Waals surface area contributed by atoms with E-state index in [1.54, 1.807) is 60.7 Å². The monoisotopic (exact) mass is 568 g/mol. The topological polar surface area (TPSA) is 77.1 Å². The van der Waals surface area contributed by atoms with Gasteiger partial charge in [0.05, 0.1) is 24.3 Å². The molecule has 0 unspecified atom stereocenters. The molecular weight excluding hydrogens is 544 g/mol. The van der Waals surface area contributed by atoms with Crippen LogP contribution in [0.3, 0.4) is 0 Å². The molecule has 1 aliphatic heterocycles. The maximum Gasteiger partial charge on any atom is 0.270 e. The van der Waals surface area contributed by atoms with Gasteiger partial charge < -0.3 is 19.5 Å². The van der Waals surface area contributed by atoms with Gasteiger partial charge in [-0.25, -0.2) is 0 Å². The minimum Gasteiger partial charge on any atom is -0.494 e. The first-order valence-electron chi connectivity index (χ1n) is 11.7. The molecule has 3 aromatic carbocycles. The molecule has 2 amide bonds. The number of hydrogen-bond donors (Lipinski definition) is 1. The van der Waals surface area contributed by atoms with Crippen LogP contribution in [0.2, 0.25) is 5.02 Å². The normalized spacial score (nSPS) is 14.1. The standard InChI is InChI=1S/C28H25ClN2O5S2/c1-4-35-21-10-8-20(9-11-21)31-27(33)25(38-28(31)37)14-18-6-12-23(24(13-18)34-3)36-16-26(32)30-22-15-19(29)7-5-17(22)2/h5-15H,4,16H2,1-3H3,(H,30,32)/b25-14-. The van der Waals surface area contributed by atoms with Crippen molar-refractivity contribution in [2.75, 3.05) is 30.5 Å². The molecule has 196 valence electrons. The summed E-state index contributed by atoms with van der Waals surface area (Å²) in [7, 11) is 1.51. The first-order valence-corrected chi connectivity index (χ1v) is 13.3. The van der Waals surface area contributed by atoms with Gasteiger partial charge in [0, 0.05) is 10.7 Å². The summed E-state index contributed by atoms with van der Waals surface area (Å²) in [5, 5.41) is 3.32. The number of benzene rings is 3. The summed E-state index contributed by atoms with van der Waals surface area (Å²) >= 11 is 12.7. The van der Waals surface area contributed by atoms with E-state index in [2.05, 4.69) is 5.32 Å². The molecule has 0 saturated carbocycles. The lowest BCUT2D eigenvalue weighted by atomic mass is 10.1. The molecule has 0 radical (unpaired) electrons. The number of thiocarbonyl (C=S) groups is 1. The first-order chi connectivity index (χ1) is 18.3. The van der Waals surface area contributed by atoms with E-state index in [-0.39, 0.29) is 18.4 Å². The fourth-order valence-corrected chi connectivity index (χ4v) is 5.12. The van der Waals surface area contributed by atoms with E-state index < -0.39 is 0 Å². The summed E-state index contributed by atoms with van der Waals surface area (Å²) in [6.07, 6.45) is 1.74. The molecular formula is C28H25ClN2O5S2. The van der Waals surface area contributed by atoms with Crippen molar-refractivity contribution in [1.29, 1.82) is 0 Å². The summed E-state index contributed by atoms with van der Waals surface area (Å²) in [4.78, 5) is 27.5. The average molecular weight is 569 g/mol. The number of anilines is 2. The van der Waals surface area contributed by atoms with Crippen molar-refractivity contribution < 1.29 is 23.8 Å². The largest absolute Gasteiger partial charge is 0.494 e. The predicted molar refractivity (Wildman–Crippen MR) is 157 cm³/mol. The zero-order chi connectivity index (χ0) is 27.2. The van der Waals surface area contributed by atoms with Gasteiger partial charge in [0.2, 0.25) is 0 Å². The van der Waals surface area contributed by atoms with Crippen molar-refractivity contribution in [3.63, 3.8) is 0 Å².